The molecular formula is C14H19ClN2. The van der Waals surface area contributed by atoms with Crippen LogP contribution in [-0.4, -0.2) is 17.1 Å². The summed E-state index contributed by atoms with van der Waals surface area (Å²) in [6.07, 6.45) is 2.22. The average Bonchev–Trinajstić information content (AvgIpc) is 2.66. The number of alkyl halides is 1. The summed E-state index contributed by atoms with van der Waals surface area (Å²) in [6, 6.07) is 9.01. The molecule has 0 unspecified atom stereocenters. The van der Waals surface area contributed by atoms with Gasteiger partial charge in [-0.15, -0.1) is 11.6 Å². The van der Waals surface area contributed by atoms with Crippen LogP contribution < -0.4 is 5.32 Å². The van der Waals surface area contributed by atoms with Gasteiger partial charge >= 0.3 is 0 Å². The number of fused-ring (bicyclic) bond motifs is 1. The van der Waals surface area contributed by atoms with Gasteiger partial charge in [0.2, 0.25) is 0 Å². The molecule has 2 rings (SSSR count). The Balaban J connectivity index is 2.48. The molecule has 2 nitrogen and oxygen atoms in total. The second-order valence-electron chi connectivity index (χ2n) is 5.12. The largest absolute Gasteiger partial charge is 0.350 e. The van der Waals surface area contributed by atoms with Crippen molar-refractivity contribution in [2.45, 2.75) is 19.3 Å². The van der Waals surface area contributed by atoms with E-state index in [2.05, 4.69) is 61.2 Å². The number of rotatable bonds is 4. The number of aryl methyl sites for hydroxylation is 1. The first kappa shape index (κ1) is 12.5. The van der Waals surface area contributed by atoms with Gasteiger partial charge in [-0.05, 0) is 11.6 Å². The highest BCUT2D eigenvalue weighted by Crippen LogP contribution is 2.31. The predicted octanol–water partition coefficient (Wildman–Crippen LogP) is 3.24. The smallest absolute Gasteiger partial charge is 0.0713 e. The van der Waals surface area contributed by atoms with Crippen LogP contribution >= 0.6 is 11.6 Å². The summed E-state index contributed by atoms with van der Waals surface area (Å²) in [5.74, 6) is 0. The summed E-state index contributed by atoms with van der Waals surface area (Å²) in [4.78, 5) is 0. The molecule has 0 aliphatic rings. The Morgan fingerprint density at radius 3 is 2.71 bits per heavy atom. The second kappa shape index (κ2) is 4.71. The Labute approximate surface area is 108 Å². The van der Waals surface area contributed by atoms with Crippen molar-refractivity contribution in [2.75, 3.05) is 12.5 Å². The number of halogens is 1. The van der Waals surface area contributed by atoms with Gasteiger partial charge < -0.3 is 9.88 Å². The zero-order valence-electron chi connectivity index (χ0n) is 10.6. The molecule has 1 aromatic carbocycles. The van der Waals surface area contributed by atoms with Crippen LogP contribution in [0.25, 0.3) is 10.9 Å². The van der Waals surface area contributed by atoms with Crippen molar-refractivity contribution in [3.63, 3.8) is 0 Å². The van der Waals surface area contributed by atoms with Crippen LogP contribution in [0.4, 0.5) is 0 Å². The van der Waals surface area contributed by atoms with Crippen molar-refractivity contribution in [3.8, 4) is 0 Å². The molecule has 0 fully saturated rings. The van der Waals surface area contributed by atoms with Crippen LogP contribution in [0.3, 0.4) is 0 Å². The van der Waals surface area contributed by atoms with Crippen LogP contribution in [0.1, 0.15) is 19.4 Å². The second-order valence-corrected chi connectivity index (χ2v) is 5.38. The van der Waals surface area contributed by atoms with Crippen LogP contribution in [0.5, 0.6) is 0 Å². The number of aromatic nitrogens is 1. The third-order valence-electron chi connectivity index (χ3n) is 3.29. The molecule has 0 aliphatic carbocycles. The summed E-state index contributed by atoms with van der Waals surface area (Å²) in [5, 5.41) is 4.55. The molecule has 0 saturated carbocycles. The minimum Gasteiger partial charge on any atom is -0.350 e. The first-order chi connectivity index (χ1) is 8.06. The maximum atomic E-state index is 5.70. The third-order valence-corrected chi connectivity index (χ3v) is 3.48. The van der Waals surface area contributed by atoms with E-state index < -0.39 is 0 Å². The van der Waals surface area contributed by atoms with Gasteiger partial charge in [0.25, 0.3) is 0 Å². The molecule has 0 aliphatic heterocycles. The first-order valence-corrected chi connectivity index (χ1v) is 6.41. The van der Waals surface area contributed by atoms with Crippen LogP contribution in [-0.2, 0) is 12.5 Å². The molecule has 0 spiro atoms. The van der Waals surface area contributed by atoms with Crippen molar-refractivity contribution in [1.82, 2.24) is 9.88 Å². The van der Waals surface area contributed by atoms with Gasteiger partial charge in [-0.25, -0.2) is 0 Å². The van der Waals surface area contributed by atoms with Gasteiger partial charge in [-0.1, -0.05) is 32.0 Å². The molecule has 3 heteroatoms. The summed E-state index contributed by atoms with van der Waals surface area (Å²) in [7, 11) is 2.09. The molecule has 0 radical (unpaired) electrons. The van der Waals surface area contributed by atoms with Gasteiger partial charge in [0.15, 0.2) is 0 Å². The quantitative estimate of drug-likeness (QED) is 0.651. The van der Waals surface area contributed by atoms with Crippen LogP contribution in [0.2, 0.25) is 0 Å². The molecule has 2 aromatic rings. The molecule has 0 atom stereocenters. The summed E-state index contributed by atoms with van der Waals surface area (Å²) < 4.78 is 2.19. The van der Waals surface area contributed by atoms with Gasteiger partial charge in [0.05, 0.1) is 6.00 Å². The van der Waals surface area contributed by atoms with Crippen molar-refractivity contribution >= 4 is 22.5 Å². The van der Waals surface area contributed by atoms with E-state index in [1.54, 1.807) is 0 Å². The highest BCUT2D eigenvalue weighted by atomic mass is 35.5. The monoisotopic (exact) mass is 250 g/mol. The van der Waals surface area contributed by atoms with E-state index in [9.17, 15) is 0 Å². The Bertz CT molecular complexity index is 514. The molecule has 1 aromatic heterocycles. The van der Waals surface area contributed by atoms with Crippen molar-refractivity contribution in [3.05, 3.63) is 36.0 Å². The molecule has 0 bridgehead atoms. The Morgan fingerprint density at radius 2 is 2.00 bits per heavy atom. The topological polar surface area (TPSA) is 17.0 Å². The lowest BCUT2D eigenvalue weighted by atomic mass is 9.84. The molecule has 1 N–H and O–H groups in total. The van der Waals surface area contributed by atoms with Crippen LogP contribution in [0, 0.1) is 0 Å². The van der Waals surface area contributed by atoms with E-state index in [1.165, 1.54) is 16.5 Å². The lowest BCUT2D eigenvalue weighted by Gasteiger charge is -2.24. The molecule has 1 heterocycles. The number of hydrogen-bond donors (Lipinski definition) is 1. The van der Waals surface area contributed by atoms with E-state index in [4.69, 9.17) is 11.6 Å². The fourth-order valence-electron chi connectivity index (χ4n) is 2.34. The zero-order valence-corrected chi connectivity index (χ0v) is 11.4. The van der Waals surface area contributed by atoms with E-state index >= 15 is 0 Å². The van der Waals surface area contributed by atoms with Gasteiger partial charge in [-0.3, -0.25) is 0 Å². The standard InChI is InChI=1S/C14H19ClN2/c1-14(2,9-16-10-15)12-8-17(3)13-7-5-4-6-11(12)13/h4-8,16H,9-10H2,1-3H3. The summed E-state index contributed by atoms with van der Waals surface area (Å²) in [5.41, 5.74) is 2.73. The summed E-state index contributed by atoms with van der Waals surface area (Å²) in [6.45, 7) is 5.37. The van der Waals surface area contributed by atoms with E-state index in [0.29, 0.717) is 6.00 Å². The van der Waals surface area contributed by atoms with Gasteiger partial charge in [0.1, 0.15) is 0 Å². The van der Waals surface area contributed by atoms with E-state index in [-0.39, 0.29) is 5.41 Å². The minimum atomic E-state index is 0.0791. The first-order valence-electron chi connectivity index (χ1n) is 5.87. The Hall–Kier alpha value is -0.990. The predicted molar refractivity (Wildman–Crippen MR) is 74.7 cm³/mol. The number of nitrogens with one attached hydrogen (secondary N) is 1. The molecule has 17 heavy (non-hydrogen) atoms. The highest BCUT2D eigenvalue weighted by molar-refractivity contribution is 6.17. The minimum absolute atomic E-state index is 0.0791. The maximum absolute atomic E-state index is 5.70. The summed E-state index contributed by atoms with van der Waals surface area (Å²) >= 11 is 5.70. The highest BCUT2D eigenvalue weighted by Gasteiger charge is 2.24. The fourth-order valence-corrected chi connectivity index (χ4v) is 2.43. The van der Waals surface area contributed by atoms with E-state index in [0.717, 1.165) is 6.54 Å². The lowest BCUT2D eigenvalue weighted by molar-refractivity contribution is 0.491. The van der Waals surface area contributed by atoms with Crippen molar-refractivity contribution < 1.29 is 0 Å². The lowest BCUT2D eigenvalue weighted by Crippen LogP contribution is -2.32. The van der Waals surface area contributed by atoms with Gasteiger partial charge in [-0.2, -0.15) is 0 Å². The number of nitrogens with zero attached hydrogens (tertiary/aromatic N) is 1. The number of para-hydroxylation sites is 1. The third kappa shape index (κ3) is 2.33. The number of hydrogen-bond acceptors (Lipinski definition) is 1. The van der Waals surface area contributed by atoms with Gasteiger partial charge in [0, 0.05) is 36.1 Å². The van der Waals surface area contributed by atoms with E-state index in [1.807, 2.05) is 0 Å². The number of benzene rings is 1. The van der Waals surface area contributed by atoms with Crippen LogP contribution in [0.15, 0.2) is 30.5 Å². The average molecular weight is 251 g/mol. The molecule has 0 amide bonds. The van der Waals surface area contributed by atoms with Crippen molar-refractivity contribution in [1.29, 1.82) is 0 Å². The Kier molecular flexibility index (Phi) is 3.45. The Morgan fingerprint density at radius 1 is 1.29 bits per heavy atom. The molecular weight excluding hydrogens is 232 g/mol. The normalized spacial score (nSPS) is 12.2. The zero-order chi connectivity index (χ0) is 12.5. The maximum Gasteiger partial charge on any atom is 0.0713 e. The van der Waals surface area contributed by atoms with Crippen molar-refractivity contribution in [2.24, 2.45) is 7.05 Å². The molecule has 0 saturated heterocycles. The molecule has 92 valence electrons. The fraction of sp³-hybridized carbons (Fsp3) is 0.429. The SMILES string of the molecule is Cn1cc(C(C)(C)CNCCl)c2ccccc21.